The Morgan fingerprint density at radius 2 is 1.52 bits per heavy atom. The van der Waals surface area contributed by atoms with Crippen LogP contribution in [0.1, 0.15) is 69.9 Å². The van der Waals surface area contributed by atoms with Crippen LogP contribution in [0.25, 0.3) is 0 Å². The molecule has 0 spiro atoms. The van der Waals surface area contributed by atoms with E-state index >= 15 is 0 Å². The quantitative estimate of drug-likeness (QED) is 0.490. The fourth-order valence-electron chi connectivity index (χ4n) is 7.33. The van der Waals surface area contributed by atoms with Gasteiger partial charge in [0.15, 0.2) is 0 Å². The maximum atomic E-state index is 13.9. The standard InChI is InChI=1S/C30H39NO2/c1-29(2)25-17-18-30(29,3)27(24(25)21-31-19-11-6-12-20-31)33-28(32)26(22-13-7-4-8-14-22)23-15-9-5-10-16-23/h4-5,7-10,13-16,24-27H,6,11-12,17-21H2,1-3H3. The second kappa shape index (κ2) is 8.91. The van der Waals surface area contributed by atoms with Crippen molar-refractivity contribution >= 4 is 5.97 Å². The maximum absolute atomic E-state index is 13.9. The monoisotopic (exact) mass is 445 g/mol. The van der Waals surface area contributed by atoms with Gasteiger partial charge in [-0.1, -0.05) is 87.9 Å². The first kappa shape index (κ1) is 22.7. The topological polar surface area (TPSA) is 29.5 Å². The highest BCUT2D eigenvalue weighted by molar-refractivity contribution is 5.82. The van der Waals surface area contributed by atoms with Crippen molar-refractivity contribution < 1.29 is 9.53 Å². The third-order valence-corrected chi connectivity index (χ3v) is 9.57. The van der Waals surface area contributed by atoms with E-state index in [2.05, 4.69) is 49.9 Å². The van der Waals surface area contributed by atoms with Gasteiger partial charge < -0.3 is 9.64 Å². The van der Waals surface area contributed by atoms with Crippen LogP contribution >= 0.6 is 0 Å². The summed E-state index contributed by atoms with van der Waals surface area (Å²) in [4.78, 5) is 16.6. The number of carbonyl (C=O) groups excluding carboxylic acids is 1. The van der Waals surface area contributed by atoms with Crippen molar-refractivity contribution in [3.8, 4) is 0 Å². The minimum absolute atomic E-state index is 0.0180. The first-order valence-corrected chi connectivity index (χ1v) is 12.9. The summed E-state index contributed by atoms with van der Waals surface area (Å²) < 4.78 is 6.64. The minimum Gasteiger partial charge on any atom is -0.461 e. The molecule has 4 unspecified atom stereocenters. The van der Waals surface area contributed by atoms with E-state index < -0.39 is 0 Å². The fourth-order valence-corrected chi connectivity index (χ4v) is 7.33. The molecule has 2 bridgehead atoms. The molecule has 0 radical (unpaired) electrons. The number of fused-ring (bicyclic) bond motifs is 2. The number of piperidine rings is 1. The van der Waals surface area contributed by atoms with E-state index in [1.165, 1.54) is 38.8 Å². The molecule has 0 amide bonds. The number of hydrogen-bond donors (Lipinski definition) is 0. The Morgan fingerprint density at radius 1 is 0.939 bits per heavy atom. The van der Waals surface area contributed by atoms with Crippen LogP contribution in [0.15, 0.2) is 60.7 Å². The molecule has 2 aliphatic carbocycles. The molecule has 0 N–H and O–H groups in total. The van der Waals surface area contributed by atoms with E-state index in [1.54, 1.807) is 0 Å². The summed E-state index contributed by atoms with van der Waals surface area (Å²) in [6.07, 6.45) is 6.34. The number of nitrogens with zero attached hydrogens (tertiary/aromatic N) is 1. The molecule has 33 heavy (non-hydrogen) atoms. The molecule has 3 nitrogen and oxygen atoms in total. The zero-order chi connectivity index (χ0) is 23.1. The molecule has 2 saturated carbocycles. The summed E-state index contributed by atoms with van der Waals surface area (Å²) >= 11 is 0. The Labute approximate surface area is 199 Å². The smallest absolute Gasteiger partial charge is 0.318 e. The second-order valence-electron chi connectivity index (χ2n) is 11.4. The molecule has 3 heteroatoms. The van der Waals surface area contributed by atoms with Gasteiger partial charge in [0.2, 0.25) is 0 Å². The lowest BCUT2D eigenvalue weighted by atomic mass is 9.70. The van der Waals surface area contributed by atoms with Crippen molar-refractivity contribution in [3.05, 3.63) is 71.8 Å². The lowest BCUT2D eigenvalue weighted by molar-refractivity contribution is -0.162. The number of ether oxygens (including phenoxy) is 1. The van der Waals surface area contributed by atoms with Crippen molar-refractivity contribution in [2.24, 2.45) is 22.7 Å². The van der Waals surface area contributed by atoms with Crippen LogP contribution in [-0.4, -0.2) is 36.6 Å². The molecule has 3 aliphatic rings. The van der Waals surface area contributed by atoms with E-state index in [-0.39, 0.29) is 28.8 Å². The number of benzene rings is 2. The largest absolute Gasteiger partial charge is 0.461 e. The number of likely N-dealkylation sites (tertiary alicyclic amines) is 1. The molecule has 1 aliphatic heterocycles. The summed E-state index contributed by atoms with van der Waals surface area (Å²) in [6, 6.07) is 20.3. The van der Waals surface area contributed by atoms with Gasteiger partial charge in [0, 0.05) is 17.9 Å². The van der Waals surface area contributed by atoms with Gasteiger partial charge in [0.1, 0.15) is 12.0 Å². The van der Waals surface area contributed by atoms with Gasteiger partial charge in [0.05, 0.1) is 0 Å². The highest BCUT2D eigenvalue weighted by atomic mass is 16.5. The summed E-state index contributed by atoms with van der Waals surface area (Å²) in [5, 5.41) is 0. The maximum Gasteiger partial charge on any atom is 0.318 e. The van der Waals surface area contributed by atoms with Gasteiger partial charge in [0.25, 0.3) is 0 Å². The van der Waals surface area contributed by atoms with Crippen LogP contribution in [0.3, 0.4) is 0 Å². The zero-order valence-electron chi connectivity index (χ0n) is 20.5. The van der Waals surface area contributed by atoms with Crippen molar-refractivity contribution in [2.75, 3.05) is 19.6 Å². The lowest BCUT2D eigenvalue weighted by Gasteiger charge is -2.41. The molecular formula is C30H39NO2. The Bertz CT molecular complexity index is 910. The van der Waals surface area contributed by atoms with Crippen LogP contribution in [0, 0.1) is 22.7 Å². The van der Waals surface area contributed by atoms with Crippen LogP contribution in [0.5, 0.6) is 0 Å². The first-order valence-electron chi connectivity index (χ1n) is 12.9. The molecule has 176 valence electrons. The average Bonchev–Trinajstić information content (AvgIpc) is 3.15. The predicted octanol–water partition coefficient (Wildman–Crippen LogP) is 6.29. The van der Waals surface area contributed by atoms with E-state index in [0.717, 1.165) is 24.1 Å². The average molecular weight is 446 g/mol. The number of esters is 1. The van der Waals surface area contributed by atoms with Crippen molar-refractivity contribution in [1.29, 1.82) is 0 Å². The first-order chi connectivity index (χ1) is 15.9. The third-order valence-electron chi connectivity index (χ3n) is 9.57. The van der Waals surface area contributed by atoms with E-state index in [4.69, 9.17) is 4.74 Å². The molecule has 1 saturated heterocycles. The number of carbonyl (C=O) groups is 1. The lowest BCUT2D eigenvalue weighted by Crippen LogP contribution is -2.46. The highest BCUT2D eigenvalue weighted by Crippen LogP contribution is 2.68. The van der Waals surface area contributed by atoms with Gasteiger partial charge in [-0.25, -0.2) is 0 Å². The van der Waals surface area contributed by atoms with Crippen LogP contribution in [0.4, 0.5) is 0 Å². The van der Waals surface area contributed by atoms with E-state index in [9.17, 15) is 4.79 Å². The molecule has 4 atom stereocenters. The van der Waals surface area contributed by atoms with Crippen molar-refractivity contribution in [2.45, 2.75) is 64.9 Å². The summed E-state index contributed by atoms with van der Waals surface area (Å²) in [5.41, 5.74) is 2.24. The van der Waals surface area contributed by atoms with Crippen LogP contribution in [0.2, 0.25) is 0 Å². The van der Waals surface area contributed by atoms with Gasteiger partial charge in [-0.05, 0) is 61.2 Å². The Balaban J connectivity index is 1.45. The molecule has 2 aromatic carbocycles. The third kappa shape index (κ3) is 3.93. The Morgan fingerprint density at radius 3 is 2.09 bits per heavy atom. The zero-order valence-corrected chi connectivity index (χ0v) is 20.5. The molecule has 2 aromatic rings. The Kier molecular flexibility index (Phi) is 6.11. The number of hydrogen-bond acceptors (Lipinski definition) is 3. The Hall–Kier alpha value is -2.13. The molecule has 5 rings (SSSR count). The second-order valence-corrected chi connectivity index (χ2v) is 11.4. The molecule has 3 fully saturated rings. The van der Waals surface area contributed by atoms with Gasteiger partial charge >= 0.3 is 5.97 Å². The van der Waals surface area contributed by atoms with Crippen LogP contribution < -0.4 is 0 Å². The van der Waals surface area contributed by atoms with Crippen molar-refractivity contribution in [3.63, 3.8) is 0 Å². The molecular weight excluding hydrogens is 406 g/mol. The van der Waals surface area contributed by atoms with Crippen molar-refractivity contribution in [1.82, 2.24) is 4.90 Å². The van der Waals surface area contributed by atoms with Gasteiger partial charge in [-0.3, -0.25) is 4.79 Å². The highest BCUT2D eigenvalue weighted by Gasteiger charge is 2.67. The summed E-state index contributed by atoms with van der Waals surface area (Å²) in [5.74, 6) is 0.571. The molecule has 0 aromatic heterocycles. The van der Waals surface area contributed by atoms with Gasteiger partial charge in [-0.15, -0.1) is 0 Å². The number of rotatable bonds is 6. The normalized spacial score (nSPS) is 31.1. The van der Waals surface area contributed by atoms with Crippen LogP contribution in [-0.2, 0) is 9.53 Å². The fraction of sp³-hybridized carbons (Fsp3) is 0.567. The summed E-state index contributed by atoms with van der Waals surface area (Å²) in [7, 11) is 0. The molecule has 1 heterocycles. The SMILES string of the molecule is CC1(C)C2CCC1(C)C(OC(=O)C(c1ccccc1)c1ccccc1)C2CN1CCCCC1. The minimum atomic E-state index is -0.381. The van der Waals surface area contributed by atoms with Gasteiger partial charge in [-0.2, -0.15) is 0 Å². The predicted molar refractivity (Wildman–Crippen MR) is 133 cm³/mol. The van der Waals surface area contributed by atoms with E-state index in [1.807, 2.05) is 36.4 Å². The van der Waals surface area contributed by atoms with E-state index in [0.29, 0.717) is 11.8 Å². The summed E-state index contributed by atoms with van der Waals surface area (Å²) in [6.45, 7) is 10.7.